The Morgan fingerprint density at radius 3 is 2.88 bits per heavy atom. The van der Waals surface area contributed by atoms with Crippen LogP contribution in [0.25, 0.3) is 10.9 Å². The quantitative estimate of drug-likeness (QED) is 0.574. The Kier molecular flexibility index (Phi) is 4.55. The van der Waals surface area contributed by atoms with Gasteiger partial charge in [0.1, 0.15) is 11.4 Å². The highest BCUT2D eigenvalue weighted by Crippen LogP contribution is 2.52. The molecule has 4 atom stereocenters. The van der Waals surface area contributed by atoms with Gasteiger partial charge in [0.05, 0.1) is 31.6 Å². The molecule has 7 heteroatoms. The Hall–Kier alpha value is -3.58. The molecule has 2 aromatic carbocycles. The average Bonchev–Trinajstić information content (AvgIpc) is 3.58. The van der Waals surface area contributed by atoms with Gasteiger partial charge in [0, 0.05) is 29.3 Å². The molecule has 0 radical (unpaired) electrons. The summed E-state index contributed by atoms with van der Waals surface area (Å²) in [5.41, 5.74) is 2.24. The molecule has 0 aliphatic carbocycles. The first-order chi connectivity index (χ1) is 16.1. The summed E-state index contributed by atoms with van der Waals surface area (Å²) >= 11 is 0. The Morgan fingerprint density at radius 1 is 1.24 bits per heavy atom. The first-order valence-electron chi connectivity index (χ1n) is 11.2. The number of para-hydroxylation sites is 1. The second-order valence-corrected chi connectivity index (χ2v) is 8.99. The predicted octanol–water partition coefficient (Wildman–Crippen LogP) is 3.14. The number of carbonyl (C=O) groups excluding carboxylic acids is 2. The van der Waals surface area contributed by atoms with E-state index < -0.39 is 17.4 Å². The molecule has 7 nitrogen and oxygen atoms in total. The van der Waals surface area contributed by atoms with Gasteiger partial charge >= 0.3 is 0 Å². The van der Waals surface area contributed by atoms with Crippen molar-refractivity contribution in [1.82, 2.24) is 9.88 Å². The van der Waals surface area contributed by atoms with E-state index in [-0.39, 0.29) is 17.9 Å². The molecule has 1 aromatic heterocycles. The normalized spacial score (nSPS) is 27.4. The lowest BCUT2D eigenvalue weighted by Gasteiger charge is -2.23. The molecule has 2 amide bonds. The van der Waals surface area contributed by atoms with Gasteiger partial charge in [-0.3, -0.25) is 9.59 Å². The zero-order valence-electron chi connectivity index (χ0n) is 18.3. The van der Waals surface area contributed by atoms with Gasteiger partial charge in [-0.15, -0.1) is 0 Å². The zero-order chi connectivity index (χ0) is 22.6. The van der Waals surface area contributed by atoms with Crippen molar-refractivity contribution in [3.63, 3.8) is 0 Å². The Labute approximate surface area is 191 Å². The molecule has 3 aromatic rings. The van der Waals surface area contributed by atoms with Crippen LogP contribution in [0.2, 0.25) is 0 Å². The lowest BCUT2D eigenvalue weighted by Crippen LogP contribution is -2.41. The van der Waals surface area contributed by atoms with Crippen molar-refractivity contribution in [1.29, 1.82) is 0 Å². The molecule has 3 unspecified atom stereocenters. The van der Waals surface area contributed by atoms with Crippen LogP contribution in [0.5, 0.6) is 5.75 Å². The summed E-state index contributed by atoms with van der Waals surface area (Å²) in [5.74, 6) is -0.504. The minimum Gasteiger partial charge on any atom is -0.497 e. The van der Waals surface area contributed by atoms with Gasteiger partial charge in [0.2, 0.25) is 11.8 Å². The van der Waals surface area contributed by atoms with Gasteiger partial charge in [0.15, 0.2) is 0 Å². The second kappa shape index (κ2) is 7.49. The molecule has 0 saturated carbocycles. The molecule has 2 fully saturated rings. The average molecular weight is 444 g/mol. The SMILES string of the molecule is COc1ccc(NC(=O)C2C3C=C[C@]4(CN(CCc5c[nH]c6ccccc56)C(=O)C24)O3)cc1. The molecular weight excluding hydrogens is 418 g/mol. The highest BCUT2D eigenvalue weighted by molar-refractivity contribution is 5.99. The number of rotatable bonds is 6. The van der Waals surface area contributed by atoms with Gasteiger partial charge < -0.3 is 24.7 Å². The largest absolute Gasteiger partial charge is 0.497 e. The minimum atomic E-state index is -0.704. The fourth-order valence-corrected chi connectivity index (χ4v) is 5.56. The number of likely N-dealkylation sites (tertiary alicyclic amines) is 1. The lowest BCUT2D eigenvalue weighted by atomic mass is 9.77. The van der Waals surface area contributed by atoms with E-state index in [9.17, 15) is 9.59 Å². The number of hydrogen-bond donors (Lipinski definition) is 2. The van der Waals surface area contributed by atoms with E-state index in [0.29, 0.717) is 18.8 Å². The molecular formula is C26H25N3O4. The lowest BCUT2D eigenvalue weighted by molar-refractivity contribution is -0.135. The van der Waals surface area contributed by atoms with E-state index in [0.717, 1.165) is 17.7 Å². The molecule has 2 N–H and O–H groups in total. The van der Waals surface area contributed by atoms with Gasteiger partial charge in [0.25, 0.3) is 0 Å². The van der Waals surface area contributed by atoms with Crippen molar-refractivity contribution in [2.75, 3.05) is 25.5 Å². The highest BCUT2D eigenvalue weighted by atomic mass is 16.5. The van der Waals surface area contributed by atoms with Crippen molar-refractivity contribution in [3.05, 3.63) is 72.4 Å². The van der Waals surface area contributed by atoms with Crippen LogP contribution in [0.15, 0.2) is 66.9 Å². The third-order valence-electron chi connectivity index (χ3n) is 7.17. The number of fused-ring (bicyclic) bond motifs is 2. The fraction of sp³-hybridized carbons (Fsp3) is 0.308. The number of nitrogens with zero attached hydrogens (tertiary/aromatic N) is 1. The minimum absolute atomic E-state index is 0.00317. The topological polar surface area (TPSA) is 83.7 Å². The van der Waals surface area contributed by atoms with E-state index >= 15 is 0 Å². The molecule has 168 valence electrons. The summed E-state index contributed by atoms with van der Waals surface area (Å²) in [6, 6.07) is 15.3. The van der Waals surface area contributed by atoms with E-state index in [2.05, 4.69) is 16.4 Å². The number of ether oxygens (including phenoxy) is 2. The van der Waals surface area contributed by atoms with E-state index in [1.807, 2.05) is 41.4 Å². The van der Waals surface area contributed by atoms with Crippen molar-refractivity contribution < 1.29 is 19.1 Å². The summed E-state index contributed by atoms with van der Waals surface area (Å²) in [4.78, 5) is 31.8. The summed E-state index contributed by atoms with van der Waals surface area (Å²) < 4.78 is 11.4. The summed E-state index contributed by atoms with van der Waals surface area (Å²) in [5, 5.41) is 4.13. The second-order valence-electron chi connectivity index (χ2n) is 8.99. The number of amides is 2. The molecule has 3 aliphatic rings. The summed E-state index contributed by atoms with van der Waals surface area (Å²) in [6.07, 6.45) is 6.31. The molecule has 2 bridgehead atoms. The van der Waals surface area contributed by atoms with Gasteiger partial charge in [-0.05, 0) is 42.3 Å². The molecule has 1 spiro atoms. The first kappa shape index (κ1) is 20.1. The Bertz CT molecular complexity index is 1260. The number of benzene rings is 2. The maximum atomic E-state index is 13.5. The number of anilines is 1. The van der Waals surface area contributed by atoms with E-state index in [1.54, 1.807) is 31.4 Å². The predicted molar refractivity (Wildman–Crippen MR) is 124 cm³/mol. The van der Waals surface area contributed by atoms with E-state index in [4.69, 9.17) is 9.47 Å². The van der Waals surface area contributed by atoms with Gasteiger partial charge in [-0.25, -0.2) is 0 Å². The monoisotopic (exact) mass is 443 g/mol. The van der Waals surface area contributed by atoms with Crippen molar-refractivity contribution >= 4 is 28.4 Å². The number of H-pyrrole nitrogens is 1. The number of carbonyl (C=O) groups is 2. The number of hydrogen-bond acceptors (Lipinski definition) is 4. The molecule has 3 aliphatic heterocycles. The van der Waals surface area contributed by atoms with Crippen LogP contribution >= 0.6 is 0 Å². The molecule has 6 rings (SSSR count). The third-order valence-corrected chi connectivity index (χ3v) is 7.17. The number of methoxy groups -OCH3 is 1. The van der Waals surface area contributed by atoms with Gasteiger partial charge in [-0.1, -0.05) is 30.4 Å². The smallest absolute Gasteiger partial charge is 0.231 e. The summed E-state index contributed by atoms with van der Waals surface area (Å²) in [7, 11) is 1.60. The standard InChI is InChI=1S/C26H25N3O4/c1-32-18-8-6-17(7-9-18)28-24(30)22-21-10-12-26(33-21)15-29(25(31)23(22)26)13-11-16-14-27-20-5-3-2-4-19(16)20/h2-10,12,14,21-23,27H,11,13,15H2,1H3,(H,28,30)/t21?,22?,23?,26-/m1/s1. The van der Waals surface area contributed by atoms with Crippen LogP contribution < -0.4 is 10.1 Å². The molecule has 4 heterocycles. The van der Waals surface area contributed by atoms with Crippen molar-refractivity contribution in [2.45, 2.75) is 18.1 Å². The van der Waals surface area contributed by atoms with Crippen LogP contribution in [0.1, 0.15) is 5.56 Å². The van der Waals surface area contributed by atoms with Gasteiger partial charge in [-0.2, -0.15) is 0 Å². The highest BCUT2D eigenvalue weighted by Gasteiger charge is 2.66. The van der Waals surface area contributed by atoms with Crippen LogP contribution in [-0.2, 0) is 20.7 Å². The first-order valence-corrected chi connectivity index (χ1v) is 11.2. The maximum absolute atomic E-state index is 13.5. The zero-order valence-corrected chi connectivity index (χ0v) is 18.3. The Balaban J connectivity index is 1.18. The number of aromatic amines is 1. The molecule has 33 heavy (non-hydrogen) atoms. The van der Waals surface area contributed by atoms with Crippen LogP contribution in [0.3, 0.4) is 0 Å². The number of nitrogens with one attached hydrogen (secondary N) is 2. The van der Waals surface area contributed by atoms with Crippen LogP contribution in [-0.4, -0.2) is 53.6 Å². The van der Waals surface area contributed by atoms with Crippen LogP contribution in [0, 0.1) is 11.8 Å². The van der Waals surface area contributed by atoms with Crippen molar-refractivity contribution in [2.24, 2.45) is 11.8 Å². The summed E-state index contributed by atoms with van der Waals surface area (Å²) in [6.45, 7) is 1.08. The van der Waals surface area contributed by atoms with Crippen molar-refractivity contribution in [3.8, 4) is 5.75 Å². The van der Waals surface area contributed by atoms with E-state index in [1.165, 1.54) is 10.9 Å². The Morgan fingerprint density at radius 2 is 2.06 bits per heavy atom. The molecule has 2 saturated heterocycles. The fourth-order valence-electron chi connectivity index (χ4n) is 5.56. The third kappa shape index (κ3) is 3.15. The van der Waals surface area contributed by atoms with Crippen LogP contribution in [0.4, 0.5) is 5.69 Å². The maximum Gasteiger partial charge on any atom is 0.231 e. The number of aromatic nitrogens is 1.